The highest BCUT2D eigenvalue weighted by Crippen LogP contribution is 2.07. The predicted octanol–water partition coefficient (Wildman–Crippen LogP) is -0.340. The molecule has 6 nitrogen and oxygen atoms in total. The monoisotopic (exact) mass is 277 g/mol. The molecule has 1 fully saturated rings. The van der Waals surface area contributed by atoms with E-state index in [-0.39, 0.29) is 25.0 Å². The second kappa shape index (κ2) is 7.62. The molecule has 3 N–H and O–H groups in total. The second-order valence-corrected chi connectivity index (χ2v) is 4.63. The average molecular weight is 277 g/mol. The number of rotatable bonds is 5. The summed E-state index contributed by atoms with van der Waals surface area (Å²) < 4.78 is 5.27. The quantitative estimate of drug-likeness (QED) is 0.686. The van der Waals surface area contributed by atoms with Gasteiger partial charge >= 0.3 is 0 Å². The van der Waals surface area contributed by atoms with Gasteiger partial charge in [-0.3, -0.25) is 14.9 Å². The minimum Gasteiger partial charge on any atom is -0.484 e. The van der Waals surface area contributed by atoms with Gasteiger partial charge in [0.25, 0.3) is 5.91 Å². The standard InChI is InChI=1S/C14H19N3O3/c18-13(8-11-9-15-6-7-16-11)17-14(19)10-20-12-4-2-1-3-5-12/h1-5,11,15-16H,6-10H2,(H,17,18,19). The lowest BCUT2D eigenvalue weighted by atomic mass is 10.1. The SMILES string of the molecule is O=C(COc1ccccc1)NC(=O)CC1CNCCN1. The third-order valence-electron chi connectivity index (χ3n) is 2.95. The number of hydrogen-bond acceptors (Lipinski definition) is 5. The van der Waals surface area contributed by atoms with E-state index in [4.69, 9.17) is 4.74 Å². The molecule has 0 aliphatic carbocycles. The molecule has 1 aliphatic rings. The van der Waals surface area contributed by atoms with Gasteiger partial charge in [-0.05, 0) is 12.1 Å². The van der Waals surface area contributed by atoms with Crippen molar-refractivity contribution in [2.24, 2.45) is 0 Å². The van der Waals surface area contributed by atoms with Crippen molar-refractivity contribution < 1.29 is 14.3 Å². The van der Waals surface area contributed by atoms with Crippen LogP contribution in [0.15, 0.2) is 30.3 Å². The molecule has 1 aliphatic heterocycles. The van der Waals surface area contributed by atoms with Gasteiger partial charge in [-0.15, -0.1) is 0 Å². The van der Waals surface area contributed by atoms with Crippen molar-refractivity contribution in [3.63, 3.8) is 0 Å². The molecule has 108 valence electrons. The first-order valence-electron chi connectivity index (χ1n) is 6.68. The van der Waals surface area contributed by atoms with Gasteiger partial charge in [-0.1, -0.05) is 18.2 Å². The van der Waals surface area contributed by atoms with Gasteiger partial charge in [-0.2, -0.15) is 0 Å². The average Bonchev–Trinajstić information content (AvgIpc) is 2.47. The van der Waals surface area contributed by atoms with E-state index in [1.54, 1.807) is 12.1 Å². The zero-order valence-electron chi connectivity index (χ0n) is 11.2. The van der Waals surface area contributed by atoms with Crippen molar-refractivity contribution in [3.8, 4) is 5.75 Å². The van der Waals surface area contributed by atoms with Crippen molar-refractivity contribution in [1.29, 1.82) is 0 Å². The van der Waals surface area contributed by atoms with Gasteiger partial charge in [0, 0.05) is 32.1 Å². The zero-order valence-corrected chi connectivity index (χ0v) is 11.2. The van der Waals surface area contributed by atoms with Crippen LogP contribution in [-0.2, 0) is 9.59 Å². The molecular formula is C14H19N3O3. The van der Waals surface area contributed by atoms with E-state index in [1.807, 2.05) is 18.2 Å². The number of carbonyl (C=O) groups is 2. The molecule has 0 radical (unpaired) electrons. The van der Waals surface area contributed by atoms with Crippen LogP contribution < -0.4 is 20.7 Å². The lowest BCUT2D eigenvalue weighted by Crippen LogP contribution is -2.50. The number of imide groups is 1. The molecule has 0 spiro atoms. The van der Waals surface area contributed by atoms with Crippen LogP contribution in [0.25, 0.3) is 0 Å². The highest BCUT2D eigenvalue weighted by Gasteiger charge is 2.17. The molecule has 1 saturated heterocycles. The van der Waals surface area contributed by atoms with Crippen LogP contribution in [0.2, 0.25) is 0 Å². The molecule has 1 aromatic carbocycles. The van der Waals surface area contributed by atoms with E-state index in [1.165, 1.54) is 0 Å². The third kappa shape index (κ3) is 4.99. The minimum atomic E-state index is -0.428. The Morgan fingerprint density at radius 2 is 2.00 bits per heavy atom. The number of carbonyl (C=O) groups excluding carboxylic acids is 2. The summed E-state index contributed by atoms with van der Waals surface area (Å²) in [5.74, 6) is -0.108. The van der Waals surface area contributed by atoms with Crippen molar-refractivity contribution in [3.05, 3.63) is 30.3 Å². The molecule has 1 aromatic rings. The summed E-state index contributed by atoms with van der Waals surface area (Å²) in [4.78, 5) is 23.3. The Morgan fingerprint density at radius 1 is 1.20 bits per heavy atom. The Hall–Kier alpha value is -1.92. The minimum absolute atomic E-state index is 0.0755. The van der Waals surface area contributed by atoms with Gasteiger partial charge in [0.2, 0.25) is 5.91 Å². The number of piperazine rings is 1. The van der Waals surface area contributed by atoms with Gasteiger partial charge in [0.15, 0.2) is 6.61 Å². The Bertz CT molecular complexity index is 444. The molecule has 0 bridgehead atoms. The maximum Gasteiger partial charge on any atom is 0.264 e. The zero-order chi connectivity index (χ0) is 14.2. The summed E-state index contributed by atoms with van der Waals surface area (Å²) in [6.07, 6.45) is 0.282. The highest BCUT2D eigenvalue weighted by atomic mass is 16.5. The van der Waals surface area contributed by atoms with Crippen molar-refractivity contribution in [2.45, 2.75) is 12.5 Å². The third-order valence-corrected chi connectivity index (χ3v) is 2.95. The number of ether oxygens (including phenoxy) is 1. The smallest absolute Gasteiger partial charge is 0.264 e. The fraction of sp³-hybridized carbons (Fsp3) is 0.429. The maximum absolute atomic E-state index is 11.7. The van der Waals surface area contributed by atoms with Gasteiger partial charge in [0.1, 0.15) is 5.75 Å². The molecule has 1 heterocycles. The van der Waals surface area contributed by atoms with Crippen molar-refractivity contribution in [2.75, 3.05) is 26.2 Å². The first-order valence-corrected chi connectivity index (χ1v) is 6.68. The summed E-state index contributed by atoms with van der Waals surface area (Å²) in [6, 6.07) is 9.09. The molecule has 2 amide bonds. The van der Waals surface area contributed by atoms with Gasteiger partial charge in [0.05, 0.1) is 0 Å². The largest absolute Gasteiger partial charge is 0.484 e. The van der Waals surface area contributed by atoms with Crippen molar-refractivity contribution >= 4 is 11.8 Å². The molecule has 1 unspecified atom stereocenters. The fourth-order valence-corrected chi connectivity index (χ4v) is 1.99. The number of nitrogens with one attached hydrogen (secondary N) is 3. The Kier molecular flexibility index (Phi) is 5.52. The maximum atomic E-state index is 11.7. The summed E-state index contributed by atoms with van der Waals surface area (Å²) in [6.45, 7) is 2.32. The van der Waals surface area contributed by atoms with Gasteiger partial charge in [-0.25, -0.2) is 0 Å². The number of hydrogen-bond donors (Lipinski definition) is 3. The summed E-state index contributed by atoms with van der Waals surface area (Å²) >= 11 is 0. The van der Waals surface area contributed by atoms with E-state index >= 15 is 0 Å². The van der Waals surface area contributed by atoms with Crippen LogP contribution in [0.1, 0.15) is 6.42 Å². The predicted molar refractivity (Wildman–Crippen MR) is 74.4 cm³/mol. The first kappa shape index (κ1) is 14.5. The molecule has 0 aromatic heterocycles. The van der Waals surface area contributed by atoms with E-state index < -0.39 is 5.91 Å². The fourth-order valence-electron chi connectivity index (χ4n) is 1.99. The van der Waals surface area contributed by atoms with Crippen molar-refractivity contribution in [1.82, 2.24) is 16.0 Å². The number of para-hydroxylation sites is 1. The van der Waals surface area contributed by atoms with Crippen LogP contribution in [-0.4, -0.2) is 44.1 Å². The number of amides is 2. The van der Waals surface area contributed by atoms with Crippen LogP contribution in [0.5, 0.6) is 5.75 Å². The van der Waals surface area contributed by atoms with E-state index in [0.29, 0.717) is 5.75 Å². The lowest BCUT2D eigenvalue weighted by molar-refractivity contribution is -0.131. The molecule has 20 heavy (non-hydrogen) atoms. The number of benzene rings is 1. The normalized spacial score (nSPS) is 18.3. The van der Waals surface area contributed by atoms with Crippen LogP contribution >= 0.6 is 0 Å². The second-order valence-electron chi connectivity index (χ2n) is 4.63. The summed E-state index contributed by atoms with van der Waals surface area (Å²) in [5.41, 5.74) is 0. The first-order chi connectivity index (χ1) is 9.74. The Morgan fingerprint density at radius 3 is 2.70 bits per heavy atom. The molecular weight excluding hydrogens is 258 g/mol. The summed E-state index contributed by atoms with van der Waals surface area (Å²) in [5, 5.41) is 8.73. The molecule has 1 atom stereocenters. The van der Waals surface area contributed by atoms with Crippen LogP contribution in [0.3, 0.4) is 0 Å². The highest BCUT2D eigenvalue weighted by molar-refractivity contribution is 5.96. The van der Waals surface area contributed by atoms with E-state index in [2.05, 4.69) is 16.0 Å². The van der Waals surface area contributed by atoms with Crippen LogP contribution in [0, 0.1) is 0 Å². The van der Waals surface area contributed by atoms with E-state index in [9.17, 15) is 9.59 Å². The topological polar surface area (TPSA) is 79.5 Å². The van der Waals surface area contributed by atoms with Crippen LogP contribution in [0.4, 0.5) is 0 Å². The molecule has 2 rings (SSSR count). The van der Waals surface area contributed by atoms with Gasteiger partial charge < -0.3 is 15.4 Å². The van der Waals surface area contributed by atoms with E-state index in [0.717, 1.165) is 19.6 Å². The Labute approximate surface area is 117 Å². The summed E-state index contributed by atoms with van der Waals surface area (Å²) in [7, 11) is 0. The Balaban J connectivity index is 1.67. The molecule has 0 saturated carbocycles. The molecule has 6 heteroatoms. The lowest BCUT2D eigenvalue weighted by Gasteiger charge is -2.23.